The van der Waals surface area contributed by atoms with Gasteiger partial charge in [-0.15, -0.1) is 22.1 Å². The van der Waals surface area contributed by atoms with Crippen LogP contribution in [0, 0.1) is 0 Å². The summed E-state index contributed by atoms with van der Waals surface area (Å²) in [5.74, 6) is 0. The van der Waals surface area contributed by atoms with Gasteiger partial charge in [0.25, 0.3) is 0 Å². The molecule has 0 amide bonds. The minimum atomic E-state index is 0. The molecule has 0 saturated heterocycles. The predicted octanol–water partition coefficient (Wildman–Crippen LogP) is 8.16. The third kappa shape index (κ3) is 5.47. The summed E-state index contributed by atoms with van der Waals surface area (Å²) in [4.78, 5) is 39.7. The van der Waals surface area contributed by atoms with Crippen LogP contribution in [0.2, 0.25) is 0 Å². The van der Waals surface area contributed by atoms with Crippen molar-refractivity contribution in [2.45, 2.75) is 0 Å². The summed E-state index contributed by atoms with van der Waals surface area (Å²) < 4.78 is 0. The maximum absolute atomic E-state index is 5.20. The molecular formula is C40H24MnN8. The monoisotopic (exact) mass is 671 g/mol. The molecule has 0 N–H and O–H groups in total. The molecule has 0 aliphatic carbocycles. The predicted molar refractivity (Wildman–Crippen MR) is 190 cm³/mol. The Morgan fingerprint density at radius 3 is 0.816 bits per heavy atom. The van der Waals surface area contributed by atoms with Crippen molar-refractivity contribution < 1.29 is 17.1 Å². The van der Waals surface area contributed by atoms with Crippen molar-refractivity contribution in [3.8, 4) is 45.0 Å². The van der Waals surface area contributed by atoms with E-state index in [1.807, 2.05) is 121 Å². The van der Waals surface area contributed by atoms with E-state index in [9.17, 15) is 0 Å². The second-order valence-electron chi connectivity index (χ2n) is 11.2. The van der Waals surface area contributed by atoms with Gasteiger partial charge in [-0.1, -0.05) is 48.5 Å². The molecule has 0 aromatic carbocycles. The topological polar surface area (TPSA) is 106 Å². The average molecular weight is 672 g/mol. The van der Waals surface area contributed by atoms with E-state index in [4.69, 9.17) is 39.9 Å². The van der Waals surface area contributed by atoms with E-state index in [2.05, 4.69) is 0 Å². The maximum atomic E-state index is 5.20. The van der Waals surface area contributed by atoms with Crippen LogP contribution in [0.4, 0.5) is 0 Å². The molecule has 231 valence electrons. The zero-order valence-electron chi connectivity index (χ0n) is 25.8. The molecule has 8 bridgehead atoms. The van der Waals surface area contributed by atoms with Crippen molar-refractivity contribution in [3.63, 3.8) is 0 Å². The Balaban J connectivity index is 0.00000348. The largest absolute Gasteiger partial charge is 2.00 e. The van der Waals surface area contributed by atoms with E-state index in [0.29, 0.717) is 0 Å². The first-order valence-corrected chi connectivity index (χ1v) is 15.5. The van der Waals surface area contributed by atoms with Crippen LogP contribution < -0.4 is 9.97 Å². The summed E-state index contributed by atoms with van der Waals surface area (Å²) in [6.45, 7) is 0. The van der Waals surface area contributed by atoms with Gasteiger partial charge in [0.15, 0.2) is 0 Å². The van der Waals surface area contributed by atoms with Crippen LogP contribution in [0.3, 0.4) is 0 Å². The average Bonchev–Trinajstić information content (AvgIpc) is 3.98. The molecule has 0 atom stereocenters. The molecule has 0 spiro atoms. The number of hydrogen-bond acceptors (Lipinski definition) is 6. The van der Waals surface area contributed by atoms with Crippen molar-refractivity contribution in [3.05, 3.63) is 145 Å². The minimum absolute atomic E-state index is 0. The zero-order chi connectivity index (χ0) is 31.9. The molecule has 7 aromatic heterocycles. The number of pyridine rings is 4. The van der Waals surface area contributed by atoms with Crippen molar-refractivity contribution in [1.29, 1.82) is 0 Å². The summed E-state index contributed by atoms with van der Waals surface area (Å²) >= 11 is 0. The van der Waals surface area contributed by atoms with Gasteiger partial charge >= 0.3 is 17.1 Å². The van der Waals surface area contributed by atoms with Gasteiger partial charge in [0.2, 0.25) is 0 Å². The molecule has 8 nitrogen and oxygen atoms in total. The summed E-state index contributed by atoms with van der Waals surface area (Å²) in [6.07, 6.45) is 15.2. The first-order chi connectivity index (χ1) is 23.8. The number of rotatable bonds is 4. The fourth-order valence-electron chi connectivity index (χ4n) is 6.18. The van der Waals surface area contributed by atoms with Gasteiger partial charge in [-0.05, 0) is 72.8 Å². The number of hydrogen-bond donors (Lipinski definition) is 0. The Morgan fingerprint density at radius 1 is 0.327 bits per heavy atom. The van der Waals surface area contributed by atoms with Crippen LogP contribution in [0.15, 0.2) is 122 Å². The van der Waals surface area contributed by atoms with E-state index in [0.717, 1.165) is 89.9 Å². The third-order valence-corrected chi connectivity index (χ3v) is 8.29. The van der Waals surface area contributed by atoms with E-state index >= 15 is 0 Å². The normalized spacial score (nSPS) is 11.8. The first kappa shape index (κ1) is 30.1. The van der Waals surface area contributed by atoms with E-state index in [1.165, 1.54) is 0 Å². The van der Waals surface area contributed by atoms with Crippen molar-refractivity contribution in [1.82, 2.24) is 39.9 Å². The van der Waals surface area contributed by atoms with E-state index in [-0.39, 0.29) is 17.1 Å². The van der Waals surface area contributed by atoms with E-state index in [1.54, 1.807) is 24.8 Å². The molecule has 2 aliphatic heterocycles. The molecule has 7 aromatic rings. The Kier molecular flexibility index (Phi) is 7.81. The second-order valence-corrected chi connectivity index (χ2v) is 11.2. The van der Waals surface area contributed by atoms with Crippen molar-refractivity contribution in [2.24, 2.45) is 0 Å². The fraction of sp³-hybridized carbons (Fsp3) is 0. The Morgan fingerprint density at radius 2 is 0.592 bits per heavy atom. The fourth-order valence-corrected chi connectivity index (χ4v) is 6.18. The Labute approximate surface area is 292 Å². The summed E-state index contributed by atoms with van der Waals surface area (Å²) in [5.41, 5.74) is 12.3. The molecule has 9 heteroatoms. The van der Waals surface area contributed by atoms with Gasteiger partial charge in [-0.2, -0.15) is 0 Å². The maximum Gasteiger partial charge on any atom is 2.00 e. The molecule has 2 aliphatic rings. The molecule has 1 radical (unpaired) electrons. The molecule has 9 rings (SSSR count). The first-order valence-electron chi connectivity index (χ1n) is 15.5. The van der Waals surface area contributed by atoms with Gasteiger partial charge in [0.05, 0.1) is 45.6 Å². The van der Waals surface area contributed by atoms with Gasteiger partial charge < -0.3 is 9.97 Å². The Bertz CT molecular complexity index is 2190. The summed E-state index contributed by atoms with van der Waals surface area (Å²) in [5, 5.41) is 0. The molecule has 0 fully saturated rings. The molecular weight excluding hydrogens is 647 g/mol. The summed E-state index contributed by atoms with van der Waals surface area (Å²) in [7, 11) is 0. The van der Waals surface area contributed by atoms with Gasteiger partial charge in [0, 0.05) is 47.0 Å². The molecule has 49 heavy (non-hydrogen) atoms. The van der Waals surface area contributed by atoms with Crippen LogP contribution in [-0.2, 0) is 17.1 Å². The van der Waals surface area contributed by atoms with Crippen LogP contribution in [0.1, 0.15) is 22.8 Å². The summed E-state index contributed by atoms with van der Waals surface area (Å²) in [6, 6.07) is 31.5. The Hall–Kier alpha value is -6.28. The molecule has 0 saturated carbocycles. The molecule has 9 heterocycles. The van der Waals surface area contributed by atoms with Gasteiger partial charge in [-0.3, -0.25) is 19.9 Å². The minimum Gasteiger partial charge on any atom is -0.657 e. The second kappa shape index (κ2) is 12.7. The van der Waals surface area contributed by atoms with Crippen LogP contribution in [-0.4, -0.2) is 29.9 Å². The number of aromatic nitrogens is 8. The van der Waals surface area contributed by atoms with Crippen molar-refractivity contribution in [2.75, 3.05) is 0 Å². The zero-order valence-corrected chi connectivity index (χ0v) is 27.0. The smallest absolute Gasteiger partial charge is 0.657 e. The standard InChI is InChI=1S/C40H24N8.Mn/c1-5-21-41-25(9-1)37-29-13-15-31(45-29)38(26-10-2-6-22-42-26)33-17-19-35(47-33)40(28-12-4-8-24-44-28)36-20-18-34(48-36)39(27-11-3-7-23-43-27)32-16-14-30(37)46-32;/h1-24H;/q-2;+2. The van der Waals surface area contributed by atoms with Gasteiger partial charge in [-0.25, -0.2) is 9.97 Å². The van der Waals surface area contributed by atoms with Gasteiger partial charge in [0.1, 0.15) is 0 Å². The quantitative estimate of drug-likeness (QED) is 0.173. The van der Waals surface area contributed by atoms with Crippen LogP contribution in [0.25, 0.3) is 91.4 Å². The van der Waals surface area contributed by atoms with Crippen LogP contribution >= 0.6 is 0 Å². The van der Waals surface area contributed by atoms with Crippen molar-refractivity contribution >= 4 is 46.4 Å². The third-order valence-electron chi connectivity index (χ3n) is 8.29. The SMILES string of the molecule is C1=Cc2nc1c(-c1ccccn1)c1ccc([n-]1)c(-c1ccccn1)c1nc(c(-c3ccccn3)c3ccc([n-]3)c2-c2ccccn2)C=C1.[Mn+2]. The number of nitrogens with zero attached hydrogens (tertiary/aromatic N) is 8. The van der Waals surface area contributed by atoms with Crippen LogP contribution in [0.5, 0.6) is 0 Å². The number of fused-ring (bicyclic) bond motifs is 8. The van der Waals surface area contributed by atoms with E-state index < -0.39 is 0 Å². The molecule has 0 unspecified atom stereocenters.